The summed E-state index contributed by atoms with van der Waals surface area (Å²) < 4.78 is 0. The maximum absolute atomic E-state index is 9.25. The molecule has 0 aliphatic carbocycles. The molecule has 2 N–H and O–H groups in total. The van der Waals surface area contributed by atoms with Crippen LogP contribution in [0.1, 0.15) is 5.56 Å². The van der Waals surface area contributed by atoms with Crippen LogP contribution in [0.5, 0.6) is 5.75 Å². The average Bonchev–Trinajstić information content (AvgIpc) is 2.03. The maximum Gasteiger partial charge on any atom is 0.141 e. The van der Waals surface area contributed by atoms with Crippen molar-refractivity contribution < 1.29 is 10.2 Å². The van der Waals surface area contributed by atoms with Crippen LogP contribution in [0.15, 0.2) is 29.8 Å². The summed E-state index contributed by atoms with van der Waals surface area (Å²) in [5.74, 6) is -0.147. The number of aromatic hydroxyl groups is 1. The van der Waals surface area contributed by atoms with Crippen LogP contribution in [0.4, 0.5) is 5.69 Å². The molecule has 0 aromatic heterocycles. The van der Waals surface area contributed by atoms with E-state index >= 15 is 0 Å². The van der Waals surface area contributed by atoms with Crippen LogP contribution < -0.4 is 0 Å². The molecule has 0 aliphatic rings. The van der Waals surface area contributed by atoms with Crippen LogP contribution in [0.25, 0.3) is 5.76 Å². The highest BCUT2D eigenvalue weighted by atomic mass is 16.3. The van der Waals surface area contributed by atoms with E-state index in [1.807, 2.05) is 0 Å². The van der Waals surface area contributed by atoms with Crippen molar-refractivity contribution in [2.75, 3.05) is 0 Å². The number of nitrogens with zero attached hydrogens (tertiary/aromatic N) is 1. The topological polar surface area (TPSA) is 52.8 Å². The fourth-order valence-corrected chi connectivity index (χ4v) is 0.930. The number of phenolic OH excluding ortho intramolecular Hbond substituents is 1. The number of phenols is 1. The van der Waals surface area contributed by atoms with Gasteiger partial charge in [-0.1, -0.05) is 12.6 Å². The molecule has 1 aromatic rings. The molecule has 0 unspecified atom stereocenters. The van der Waals surface area contributed by atoms with E-state index in [-0.39, 0.29) is 17.2 Å². The van der Waals surface area contributed by atoms with E-state index in [0.717, 1.165) is 0 Å². The summed E-state index contributed by atoms with van der Waals surface area (Å²) in [5.41, 5.74) is 0.648. The molecule has 0 radical (unpaired) electrons. The number of hydrogen-bond donors (Lipinski definition) is 2. The first kappa shape index (κ1) is 8.33. The lowest BCUT2D eigenvalue weighted by Crippen LogP contribution is -1.81. The number of benzene rings is 1. The molecule has 62 valence electrons. The summed E-state index contributed by atoms with van der Waals surface area (Å²) in [6.45, 7) is 6.60. The van der Waals surface area contributed by atoms with Crippen LogP contribution in [0.3, 0.4) is 0 Å². The minimum Gasteiger partial charge on any atom is -0.508 e. The van der Waals surface area contributed by atoms with Gasteiger partial charge in [-0.2, -0.15) is 0 Å². The molecule has 0 amide bonds. The first-order chi connectivity index (χ1) is 5.66. The Morgan fingerprint density at radius 1 is 1.42 bits per heavy atom. The third-order valence-electron chi connectivity index (χ3n) is 1.48. The lowest BCUT2D eigenvalue weighted by molar-refractivity contribution is 0.474. The number of aliphatic hydroxyl groups excluding tert-OH is 1. The Balaban J connectivity index is 3.37. The van der Waals surface area contributed by atoms with Gasteiger partial charge in [0, 0.05) is 5.56 Å². The number of rotatable bonds is 2. The van der Waals surface area contributed by atoms with Crippen LogP contribution in [0.2, 0.25) is 0 Å². The van der Waals surface area contributed by atoms with E-state index in [0.29, 0.717) is 5.56 Å². The maximum atomic E-state index is 9.25. The number of aliphatic imine (C=N–C) groups is 1. The fraction of sp³-hybridized carbons (Fsp3) is 0. The Bertz CT molecular complexity index is 331. The Labute approximate surface area is 70.3 Å². The third-order valence-corrected chi connectivity index (χ3v) is 1.48. The minimum absolute atomic E-state index is 0.0160. The van der Waals surface area contributed by atoms with Crippen LogP contribution in [-0.4, -0.2) is 16.9 Å². The summed E-state index contributed by atoms with van der Waals surface area (Å²) >= 11 is 0. The molecule has 0 heterocycles. The second kappa shape index (κ2) is 3.09. The van der Waals surface area contributed by atoms with Crippen molar-refractivity contribution in [2.45, 2.75) is 0 Å². The van der Waals surface area contributed by atoms with E-state index in [9.17, 15) is 5.11 Å². The molecule has 0 bridgehead atoms. The molecular formula is C9H9NO2. The van der Waals surface area contributed by atoms with Gasteiger partial charge in [-0.05, 0) is 18.9 Å². The normalized spacial score (nSPS) is 9.33. The number of para-hydroxylation sites is 1. The number of aliphatic hydroxyl groups is 1. The highest BCUT2D eigenvalue weighted by Gasteiger charge is 2.06. The Morgan fingerprint density at radius 3 is 2.50 bits per heavy atom. The lowest BCUT2D eigenvalue weighted by Gasteiger charge is -2.04. The van der Waals surface area contributed by atoms with Gasteiger partial charge in [-0.3, -0.25) is 4.99 Å². The summed E-state index contributed by atoms with van der Waals surface area (Å²) in [6.07, 6.45) is 0. The van der Waals surface area contributed by atoms with Gasteiger partial charge in [0.05, 0.1) is 0 Å². The van der Waals surface area contributed by atoms with Gasteiger partial charge in [-0.15, -0.1) is 0 Å². The number of hydrogen-bond acceptors (Lipinski definition) is 3. The minimum atomic E-state index is -0.131. The van der Waals surface area contributed by atoms with Crippen molar-refractivity contribution in [3.05, 3.63) is 30.3 Å². The van der Waals surface area contributed by atoms with Gasteiger partial charge in [0.1, 0.15) is 17.2 Å². The van der Waals surface area contributed by atoms with E-state index in [1.165, 1.54) is 6.07 Å². The second-order valence-electron chi connectivity index (χ2n) is 2.28. The molecular weight excluding hydrogens is 154 g/mol. The molecule has 3 heteroatoms. The van der Waals surface area contributed by atoms with Crippen LogP contribution in [0, 0.1) is 0 Å². The predicted molar refractivity (Wildman–Crippen MR) is 49.0 cm³/mol. The molecule has 0 fully saturated rings. The van der Waals surface area contributed by atoms with E-state index in [1.54, 1.807) is 12.1 Å². The van der Waals surface area contributed by atoms with Gasteiger partial charge < -0.3 is 10.2 Å². The smallest absolute Gasteiger partial charge is 0.141 e. The van der Waals surface area contributed by atoms with Gasteiger partial charge >= 0.3 is 0 Å². The zero-order valence-electron chi connectivity index (χ0n) is 6.49. The second-order valence-corrected chi connectivity index (χ2v) is 2.28. The highest BCUT2D eigenvalue weighted by Crippen LogP contribution is 2.32. The van der Waals surface area contributed by atoms with Crippen LogP contribution in [-0.2, 0) is 0 Å². The van der Waals surface area contributed by atoms with Crippen molar-refractivity contribution in [1.29, 1.82) is 0 Å². The molecule has 0 aliphatic heterocycles. The van der Waals surface area contributed by atoms with Crippen molar-refractivity contribution >= 4 is 18.2 Å². The van der Waals surface area contributed by atoms with Crippen molar-refractivity contribution in [3.63, 3.8) is 0 Å². The molecule has 1 rings (SSSR count). The van der Waals surface area contributed by atoms with Crippen molar-refractivity contribution in [1.82, 2.24) is 0 Å². The summed E-state index contributed by atoms with van der Waals surface area (Å²) in [7, 11) is 0. The summed E-state index contributed by atoms with van der Waals surface area (Å²) in [4.78, 5) is 3.57. The largest absolute Gasteiger partial charge is 0.508 e. The summed E-state index contributed by atoms with van der Waals surface area (Å²) in [5, 5.41) is 18.3. The monoisotopic (exact) mass is 163 g/mol. The van der Waals surface area contributed by atoms with Crippen molar-refractivity contribution in [3.8, 4) is 5.75 Å². The van der Waals surface area contributed by atoms with Gasteiger partial charge in [-0.25, -0.2) is 0 Å². The summed E-state index contributed by atoms with van der Waals surface area (Å²) in [6, 6.07) is 4.67. The molecule has 0 saturated carbocycles. The Kier molecular flexibility index (Phi) is 2.14. The standard InChI is InChI=1S/C9H9NO2/c1-6(11)7-4-3-5-8(12)9(7)10-2/h3-5,11-12H,1-2H2. The Morgan fingerprint density at radius 2 is 2.08 bits per heavy atom. The Hall–Kier alpha value is -1.77. The highest BCUT2D eigenvalue weighted by molar-refractivity contribution is 5.74. The quantitative estimate of drug-likeness (QED) is 0.519. The van der Waals surface area contributed by atoms with Crippen LogP contribution >= 0.6 is 0 Å². The van der Waals surface area contributed by atoms with Crippen molar-refractivity contribution in [2.24, 2.45) is 4.99 Å². The van der Waals surface area contributed by atoms with E-state index < -0.39 is 0 Å². The van der Waals surface area contributed by atoms with Gasteiger partial charge in [0.25, 0.3) is 0 Å². The molecule has 3 nitrogen and oxygen atoms in total. The average molecular weight is 163 g/mol. The molecule has 1 aromatic carbocycles. The first-order valence-electron chi connectivity index (χ1n) is 3.33. The van der Waals surface area contributed by atoms with Gasteiger partial charge in [0.2, 0.25) is 0 Å². The molecule has 12 heavy (non-hydrogen) atoms. The fourth-order valence-electron chi connectivity index (χ4n) is 0.930. The van der Waals surface area contributed by atoms with E-state index in [4.69, 9.17) is 5.11 Å². The zero-order chi connectivity index (χ0) is 9.14. The molecule has 0 saturated heterocycles. The first-order valence-corrected chi connectivity index (χ1v) is 3.33. The SMILES string of the molecule is C=Nc1c(O)cccc1C(=C)O. The lowest BCUT2D eigenvalue weighted by atomic mass is 10.1. The third kappa shape index (κ3) is 1.29. The predicted octanol–water partition coefficient (Wildman–Crippen LogP) is 2.25. The molecule has 0 atom stereocenters. The zero-order valence-corrected chi connectivity index (χ0v) is 6.49. The van der Waals surface area contributed by atoms with Gasteiger partial charge in [0.15, 0.2) is 0 Å². The molecule has 0 spiro atoms. The van der Waals surface area contributed by atoms with E-state index in [2.05, 4.69) is 18.3 Å².